The van der Waals surface area contributed by atoms with Gasteiger partial charge in [-0.25, -0.2) is 12.7 Å². The molecule has 94 valence electrons. The van der Waals surface area contributed by atoms with Crippen LogP contribution in [0.2, 0.25) is 0 Å². The van der Waals surface area contributed by atoms with Gasteiger partial charge in [0.25, 0.3) is 0 Å². The summed E-state index contributed by atoms with van der Waals surface area (Å²) in [6.07, 6.45) is 0. The number of hydrogen-bond donors (Lipinski definition) is 1. The maximum absolute atomic E-state index is 12.2. The Balaban J connectivity index is 3.40. The largest absolute Gasteiger partial charge is 0.389 e. The number of aryl methyl sites for hydroxylation is 1. The Morgan fingerprint density at radius 1 is 1.47 bits per heavy atom. The van der Waals surface area contributed by atoms with Gasteiger partial charge in [-0.3, -0.25) is 0 Å². The van der Waals surface area contributed by atoms with Gasteiger partial charge in [0.2, 0.25) is 10.0 Å². The smallest absolute Gasteiger partial charge is 0.243 e. The molecule has 0 spiro atoms. The first kappa shape index (κ1) is 14.1. The van der Waals surface area contributed by atoms with Crippen molar-refractivity contribution in [3.05, 3.63) is 29.3 Å². The summed E-state index contributed by atoms with van der Waals surface area (Å²) in [5.41, 5.74) is 6.76. The average molecular weight is 272 g/mol. The summed E-state index contributed by atoms with van der Waals surface area (Å²) in [6, 6.07) is 4.96. The van der Waals surface area contributed by atoms with Crippen molar-refractivity contribution in [3.63, 3.8) is 0 Å². The van der Waals surface area contributed by atoms with Crippen LogP contribution in [0.15, 0.2) is 23.1 Å². The molecule has 0 aliphatic carbocycles. The van der Waals surface area contributed by atoms with Gasteiger partial charge in [0.05, 0.1) is 4.90 Å². The van der Waals surface area contributed by atoms with Crippen LogP contribution in [0.1, 0.15) is 18.1 Å². The van der Waals surface area contributed by atoms with Crippen molar-refractivity contribution >= 4 is 27.2 Å². The maximum atomic E-state index is 12.2. The van der Waals surface area contributed by atoms with Crippen LogP contribution in [0.25, 0.3) is 0 Å². The van der Waals surface area contributed by atoms with E-state index in [2.05, 4.69) is 0 Å². The van der Waals surface area contributed by atoms with Crippen LogP contribution in [-0.4, -0.2) is 31.3 Å². The molecule has 0 aliphatic heterocycles. The number of sulfonamides is 1. The highest BCUT2D eigenvalue weighted by Crippen LogP contribution is 2.20. The van der Waals surface area contributed by atoms with Crippen molar-refractivity contribution in [2.45, 2.75) is 18.7 Å². The van der Waals surface area contributed by atoms with E-state index in [0.717, 1.165) is 0 Å². The van der Waals surface area contributed by atoms with Gasteiger partial charge in [-0.05, 0) is 18.6 Å². The fraction of sp³-hybridized carbons (Fsp3) is 0.364. The molecule has 4 nitrogen and oxygen atoms in total. The predicted octanol–water partition coefficient (Wildman–Crippen LogP) is 1.27. The van der Waals surface area contributed by atoms with E-state index in [1.54, 1.807) is 33.0 Å². The molecule has 1 aromatic carbocycles. The zero-order valence-corrected chi connectivity index (χ0v) is 11.7. The molecule has 6 heteroatoms. The van der Waals surface area contributed by atoms with Gasteiger partial charge in [0, 0.05) is 19.2 Å². The molecule has 0 aliphatic rings. The van der Waals surface area contributed by atoms with E-state index in [1.165, 1.54) is 10.4 Å². The molecule has 2 N–H and O–H groups in total. The fourth-order valence-corrected chi connectivity index (χ4v) is 2.92. The Bertz CT molecular complexity index is 538. The van der Waals surface area contributed by atoms with E-state index < -0.39 is 10.0 Å². The third kappa shape index (κ3) is 2.83. The maximum Gasteiger partial charge on any atom is 0.243 e. The van der Waals surface area contributed by atoms with E-state index in [0.29, 0.717) is 17.7 Å². The molecule has 0 atom stereocenters. The summed E-state index contributed by atoms with van der Waals surface area (Å²) in [5.74, 6) is 0. The summed E-state index contributed by atoms with van der Waals surface area (Å²) >= 11 is 4.85. The number of nitrogens with zero attached hydrogens (tertiary/aromatic N) is 1. The van der Waals surface area contributed by atoms with Gasteiger partial charge < -0.3 is 5.73 Å². The van der Waals surface area contributed by atoms with Crippen LogP contribution in [0.5, 0.6) is 0 Å². The third-order valence-electron chi connectivity index (χ3n) is 2.61. The summed E-state index contributed by atoms with van der Waals surface area (Å²) in [6.45, 7) is 3.95. The van der Waals surface area contributed by atoms with Crippen LogP contribution in [0.4, 0.5) is 0 Å². The molecule has 0 amide bonds. The van der Waals surface area contributed by atoms with E-state index in [1.807, 2.05) is 0 Å². The quantitative estimate of drug-likeness (QED) is 0.838. The number of benzene rings is 1. The SMILES string of the molecule is CCN(C)S(=O)(=O)c1cc(C(N)=S)ccc1C. The lowest BCUT2D eigenvalue weighted by atomic mass is 10.1. The minimum Gasteiger partial charge on any atom is -0.389 e. The lowest BCUT2D eigenvalue weighted by Gasteiger charge is -2.17. The molecule has 0 bridgehead atoms. The zero-order valence-electron chi connectivity index (χ0n) is 10.1. The van der Waals surface area contributed by atoms with Gasteiger partial charge in [-0.15, -0.1) is 0 Å². The van der Waals surface area contributed by atoms with Crippen LogP contribution in [-0.2, 0) is 10.0 Å². The molecule has 0 unspecified atom stereocenters. The number of nitrogens with two attached hydrogens (primary N) is 1. The van der Waals surface area contributed by atoms with E-state index >= 15 is 0 Å². The minimum absolute atomic E-state index is 0.195. The Morgan fingerprint density at radius 3 is 2.53 bits per heavy atom. The first-order valence-electron chi connectivity index (χ1n) is 5.17. The molecular formula is C11H16N2O2S2. The number of thiocarbonyl (C=S) groups is 1. The summed E-state index contributed by atoms with van der Waals surface area (Å²) < 4.78 is 25.7. The second kappa shape index (κ2) is 5.12. The summed E-state index contributed by atoms with van der Waals surface area (Å²) in [7, 11) is -1.91. The molecule has 1 aromatic rings. The second-order valence-electron chi connectivity index (χ2n) is 3.76. The topological polar surface area (TPSA) is 63.4 Å². The van der Waals surface area contributed by atoms with Crippen LogP contribution < -0.4 is 5.73 Å². The van der Waals surface area contributed by atoms with Crippen molar-refractivity contribution in [2.75, 3.05) is 13.6 Å². The number of hydrogen-bond acceptors (Lipinski definition) is 3. The van der Waals surface area contributed by atoms with Gasteiger partial charge >= 0.3 is 0 Å². The normalized spacial score (nSPS) is 11.8. The van der Waals surface area contributed by atoms with Crippen molar-refractivity contribution in [3.8, 4) is 0 Å². The second-order valence-corrected chi connectivity index (χ2v) is 6.22. The van der Waals surface area contributed by atoms with E-state index in [-0.39, 0.29) is 9.88 Å². The van der Waals surface area contributed by atoms with Crippen molar-refractivity contribution in [1.82, 2.24) is 4.31 Å². The van der Waals surface area contributed by atoms with Crippen molar-refractivity contribution < 1.29 is 8.42 Å². The van der Waals surface area contributed by atoms with Crippen LogP contribution in [0, 0.1) is 6.92 Å². The third-order valence-corrected chi connectivity index (χ3v) is 4.92. The average Bonchev–Trinajstić information content (AvgIpc) is 2.27. The molecule has 0 aromatic heterocycles. The van der Waals surface area contributed by atoms with Gasteiger partial charge in [-0.1, -0.05) is 31.3 Å². The highest BCUT2D eigenvalue weighted by Gasteiger charge is 2.21. The first-order valence-corrected chi connectivity index (χ1v) is 7.02. The highest BCUT2D eigenvalue weighted by atomic mass is 32.2. The van der Waals surface area contributed by atoms with Crippen LogP contribution >= 0.6 is 12.2 Å². The van der Waals surface area contributed by atoms with Gasteiger partial charge in [0.15, 0.2) is 0 Å². The van der Waals surface area contributed by atoms with Gasteiger partial charge in [-0.2, -0.15) is 0 Å². The standard InChI is InChI=1S/C11H16N2O2S2/c1-4-13(3)17(14,15)10-7-9(11(12)16)6-5-8(10)2/h5-7H,4H2,1-3H3,(H2,12,16). The molecular weight excluding hydrogens is 256 g/mol. The van der Waals surface area contributed by atoms with E-state index in [4.69, 9.17) is 18.0 Å². The molecule has 0 radical (unpaired) electrons. The Morgan fingerprint density at radius 2 is 2.06 bits per heavy atom. The molecule has 1 rings (SSSR count). The lowest BCUT2D eigenvalue weighted by molar-refractivity contribution is 0.486. The Kier molecular flexibility index (Phi) is 4.24. The molecule has 0 fully saturated rings. The fourth-order valence-electron chi connectivity index (χ4n) is 1.37. The predicted molar refractivity (Wildman–Crippen MR) is 72.6 cm³/mol. The molecule has 0 heterocycles. The number of rotatable bonds is 4. The zero-order chi connectivity index (χ0) is 13.2. The summed E-state index contributed by atoms with van der Waals surface area (Å²) in [5, 5.41) is 0. The Hall–Kier alpha value is -0.980. The molecule has 0 saturated carbocycles. The summed E-state index contributed by atoms with van der Waals surface area (Å²) in [4.78, 5) is 0.452. The highest BCUT2D eigenvalue weighted by molar-refractivity contribution is 7.89. The minimum atomic E-state index is -3.46. The first-order chi connectivity index (χ1) is 7.80. The molecule has 17 heavy (non-hydrogen) atoms. The monoisotopic (exact) mass is 272 g/mol. The lowest BCUT2D eigenvalue weighted by Crippen LogP contribution is -2.27. The van der Waals surface area contributed by atoms with Crippen molar-refractivity contribution in [1.29, 1.82) is 0 Å². The van der Waals surface area contributed by atoms with Crippen LogP contribution in [0.3, 0.4) is 0 Å². The van der Waals surface area contributed by atoms with Gasteiger partial charge in [0.1, 0.15) is 4.99 Å². The van der Waals surface area contributed by atoms with E-state index in [9.17, 15) is 8.42 Å². The molecule has 0 saturated heterocycles. The van der Waals surface area contributed by atoms with Crippen molar-refractivity contribution in [2.24, 2.45) is 5.73 Å². The Labute approximate surface area is 107 Å².